The molecule has 1 nitrogen and oxygen atoms in total. The maximum absolute atomic E-state index is 2.67. The highest BCUT2D eigenvalue weighted by Crippen LogP contribution is 2.44. The van der Waals surface area contributed by atoms with E-state index in [4.69, 9.17) is 0 Å². The summed E-state index contributed by atoms with van der Waals surface area (Å²) in [5.74, 6) is 0.709. The zero-order chi connectivity index (χ0) is 18.3. The van der Waals surface area contributed by atoms with Crippen LogP contribution < -0.4 is 0 Å². The Morgan fingerprint density at radius 1 is 1.04 bits per heavy atom. The molecule has 0 saturated heterocycles. The third-order valence-corrected chi connectivity index (χ3v) is 5.96. The fourth-order valence-electron chi connectivity index (χ4n) is 4.61. The fraction of sp³-hybridized carbons (Fsp3) is 0.667. The molecular formula is C24H39N. The van der Waals surface area contributed by atoms with Crippen LogP contribution in [0.1, 0.15) is 85.1 Å². The molecule has 0 saturated carbocycles. The first-order chi connectivity index (χ1) is 12.0. The average molecular weight is 342 g/mol. The van der Waals surface area contributed by atoms with Crippen molar-refractivity contribution in [2.24, 2.45) is 11.3 Å². The Balaban J connectivity index is 2.19. The van der Waals surface area contributed by atoms with Crippen molar-refractivity contribution in [2.75, 3.05) is 6.54 Å². The summed E-state index contributed by atoms with van der Waals surface area (Å²) in [4.78, 5) is 2.67. The van der Waals surface area contributed by atoms with Crippen molar-refractivity contribution < 1.29 is 0 Å². The summed E-state index contributed by atoms with van der Waals surface area (Å²) in [5, 5.41) is 0. The topological polar surface area (TPSA) is 3.24 Å². The molecule has 0 spiro atoms. The molecule has 140 valence electrons. The highest BCUT2D eigenvalue weighted by atomic mass is 15.1. The van der Waals surface area contributed by atoms with E-state index < -0.39 is 0 Å². The van der Waals surface area contributed by atoms with Gasteiger partial charge in [-0.1, -0.05) is 90.6 Å². The molecular weight excluding hydrogens is 302 g/mol. The number of rotatable bonds is 9. The van der Waals surface area contributed by atoms with Crippen LogP contribution in [0.5, 0.6) is 0 Å². The first-order valence-electron chi connectivity index (χ1n) is 10.5. The molecule has 0 fully saturated rings. The minimum atomic E-state index is 0.350. The van der Waals surface area contributed by atoms with Gasteiger partial charge in [0, 0.05) is 18.8 Å². The Morgan fingerprint density at radius 3 is 2.40 bits per heavy atom. The van der Waals surface area contributed by atoms with E-state index >= 15 is 0 Å². The normalized spacial score (nSPS) is 18.5. The summed E-state index contributed by atoms with van der Waals surface area (Å²) in [5.41, 5.74) is 5.16. The second-order valence-corrected chi connectivity index (χ2v) is 8.51. The summed E-state index contributed by atoms with van der Waals surface area (Å²) >= 11 is 0. The van der Waals surface area contributed by atoms with Gasteiger partial charge in [0.05, 0.1) is 0 Å². The van der Waals surface area contributed by atoms with Gasteiger partial charge in [0.15, 0.2) is 0 Å². The van der Waals surface area contributed by atoms with Crippen molar-refractivity contribution in [3.8, 4) is 0 Å². The van der Waals surface area contributed by atoms with Gasteiger partial charge in [0.2, 0.25) is 0 Å². The largest absolute Gasteiger partial charge is 0.370 e. The van der Waals surface area contributed by atoms with Crippen molar-refractivity contribution in [2.45, 2.75) is 86.1 Å². The highest BCUT2D eigenvalue weighted by Gasteiger charge is 2.35. The lowest BCUT2D eigenvalue weighted by Crippen LogP contribution is -2.38. The molecule has 0 radical (unpaired) electrons. The van der Waals surface area contributed by atoms with E-state index in [9.17, 15) is 0 Å². The van der Waals surface area contributed by atoms with E-state index in [1.54, 1.807) is 11.3 Å². The molecule has 2 rings (SSSR count). The van der Waals surface area contributed by atoms with E-state index in [-0.39, 0.29) is 0 Å². The molecule has 1 aromatic rings. The number of benzene rings is 1. The molecule has 0 N–H and O–H groups in total. The smallest absolute Gasteiger partial charge is 0.0426 e. The molecule has 1 unspecified atom stereocenters. The molecule has 0 aromatic heterocycles. The van der Waals surface area contributed by atoms with Crippen LogP contribution in [0.25, 0.3) is 0 Å². The van der Waals surface area contributed by atoms with Gasteiger partial charge in [-0.25, -0.2) is 0 Å². The predicted octanol–water partition coefficient (Wildman–Crippen LogP) is 7.19. The molecule has 1 atom stereocenters. The molecule has 1 aliphatic rings. The summed E-state index contributed by atoms with van der Waals surface area (Å²) < 4.78 is 0. The van der Waals surface area contributed by atoms with Gasteiger partial charge < -0.3 is 4.90 Å². The van der Waals surface area contributed by atoms with E-state index in [0.717, 1.165) is 13.0 Å². The van der Waals surface area contributed by atoms with Crippen molar-refractivity contribution in [3.05, 3.63) is 47.2 Å². The second kappa shape index (κ2) is 9.46. The van der Waals surface area contributed by atoms with Crippen LogP contribution in [0, 0.1) is 11.3 Å². The number of allylic oxidation sites excluding steroid dienone is 2. The lowest BCUT2D eigenvalue weighted by atomic mass is 9.70. The maximum Gasteiger partial charge on any atom is 0.0426 e. The van der Waals surface area contributed by atoms with Crippen LogP contribution >= 0.6 is 0 Å². The molecule has 1 aromatic carbocycles. The zero-order valence-corrected chi connectivity index (χ0v) is 17.3. The van der Waals surface area contributed by atoms with Crippen molar-refractivity contribution in [3.63, 3.8) is 0 Å². The van der Waals surface area contributed by atoms with Crippen LogP contribution in [0.15, 0.2) is 41.6 Å². The SMILES string of the molecule is CCCCCCC(C)C1=C(CC)N(Cc2ccccc2)CCC1(C)C. The maximum atomic E-state index is 2.67. The monoisotopic (exact) mass is 341 g/mol. The van der Waals surface area contributed by atoms with Gasteiger partial charge in [-0.15, -0.1) is 0 Å². The molecule has 0 aliphatic carbocycles. The first kappa shape index (κ1) is 20.1. The quantitative estimate of drug-likeness (QED) is 0.430. The van der Waals surface area contributed by atoms with E-state index in [1.807, 2.05) is 0 Å². The third-order valence-electron chi connectivity index (χ3n) is 5.96. The minimum absolute atomic E-state index is 0.350. The van der Waals surface area contributed by atoms with E-state index in [0.29, 0.717) is 11.3 Å². The van der Waals surface area contributed by atoms with Crippen molar-refractivity contribution in [1.82, 2.24) is 4.90 Å². The summed E-state index contributed by atoms with van der Waals surface area (Å²) in [7, 11) is 0. The van der Waals surface area contributed by atoms with E-state index in [1.165, 1.54) is 50.6 Å². The van der Waals surface area contributed by atoms with Gasteiger partial charge in [-0.05, 0) is 41.7 Å². The molecule has 25 heavy (non-hydrogen) atoms. The van der Waals surface area contributed by atoms with Crippen LogP contribution in [0.2, 0.25) is 0 Å². The van der Waals surface area contributed by atoms with Gasteiger partial charge in [-0.3, -0.25) is 0 Å². The number of hydrogen-bond donors (Lipinski definition) is 0. The first-order valence-corrected chi connectivity index (χ1v) is 10.5. The standard InChI is InChI=1S/C24H39N/c1-6-8-9-11-14-20(3)23-22(7-2)25(18-17-24(23,4)5)19-21-15-12-10-13-16-21/h10,12-13,15-16,20H,6-9,11,14,17-19H2,1-5H3. The highest BCUT2D eigenvalue weighted by molar-refractivity contribution is 5.27. The lowest BCUT2D eigenvalue weighted by molar-refractivity contribution is 0.207. The molecule has 0 bridgehead atoms. The number of hydrogen-bond acceptors (Lipinski definition) is 1. The van der Waals surface area contributed by atoms with Gasteiger partial charge in [0.1, 0.15) is 0 Å². The number of nitrogens with zero attached hydrogens (tertiary/aromatic N) is 1. The van der Waals surface area contributed by atoms with Crippen molar-refractivity contribution in [1.29, 1.82) is 0 Å². The van der Waals surface area contributed by atoms with Crippen LogP contribution in [-0.4, -0.2) is 11.4 Å². The molecule has 0 amide bonds. The fourth-order valence-corrected chi connectivity index (χ4v) is 4.61. The van der Waals surface area contributed by atoms with Gasteiger partial charge in [-0.2, -0.15) is 0 Å². The second-order valence-electron chi connectivity index (χ2n) is 8.51. The Hall–Kier alpha value is -1.24. The van der Waals surface area contributed by atoms with Gasteiger partial charge >= 0.3 is 0 Å². The number of unbranched alkanes of at least 4 members (excludes halogenated alkanes) is 3. The lowest BCUT2D eigenvalue weighted by Gasteiger charge is -2.45. The van der Waals surface area contributed by atoms with Crippen LogP contribution in [0.4, 0.5) is 0 Å². The third kappa shape index (κ3) is 5.36. The van der Waals surface area contributed by atoms with Gasteiger partial charge in [0.25, 0.3) is 0 Å². The Kier molecular flexibility index (Phi) is 7.59. The average Bonchev–Trinajstić information content (AvgIpc) is 2.60. The minimum Gasteiger partial charge on any atom is -0.370 e. The Labute approximate surface area is 156 Å². The molecule has 1 heterocycles. The zero-order valence-electron chi connectivity index (χ0n) is 17.3. The Morgan fingerprint density at radius 2 is 1.76 bits per heavy atom. The summed E-state index contributed by atoms with van der Waals surface area (Å²) in [6.45, 7) is 14.3. The molecule has 1 aliphatic heterocycles. The summed E-state index contributed by atoms with van der Waals surface area (Å²) in [6.07, 6.45) is 9.27. The van der Waals surface area contributed by atoms with E-state index in [2.05, 4.69) is 69.9 Å². The summed E-state index contributed by atoms with van der Waals surface area (Å²) in [6, 6.07) is 11.0. The predicted molar refractivity (Wildman–Crippen MR) is 110 cm³/mol. The van der Waals surface area contributed by atoms with Crippen molar-refractivity contribution >= 4 is 0 Å². The Bertz CT molecular complexity index is 540. The van der Waals surface area contributed by atoms with Crippen LogP contribution in [-0.2, 0) is 6.54 Å². The van der Waals surface area contributed by atoms with Crippen LogP contribution in [0.3, 0.4) is 0 Å². The molecule has 1 heteroatoms.